The number of nitrogens with zero attached hydrogens (tertiary/aromatic N) is 1. The number of carbonyl (C=O) groups excluding carboxylic acids is 3. The molecule has 0 unspecified atom stereocenters. The van der Waals surface area contributed by atoms with Crippen molar-refractivity contribution >= 4 is 17.8 Å². The van der Waals surface area contributed by atoms with Gasteiger partial charge in [-0.05, 0) is 32.6 Å². The molecule has 0 aromatic carbocycles. The Hall–Kier alpha value is -1.39. The number of amides is 4. The Morgan fingerprint density at radius 3 is 2.05 bits per heavy atom. The molecule has 3 fully saturated rings. The molecule has 3 aliphatic rings. The van der Waals surface area contributed by atoms with Crippen molar-refractivity contribution < 1.29 is 14.4 Å². The van der Waals surface area contributed by atoms with Crippen LogP contribution < -0.4 is 5.32 Å². The highest BCUT2D eigenvalue weighted by Crippen LogP contribution is 2.44. The first kappa shape index (κ1) is 13.6. The second-order valence-corrected chi connectivity index (χ2v) is 6.75. The number of barbiturate groups is 1. The number of urea groups is 1. The molecule has 1 saturated heterocycles. The molecule has 0 aromatic rings. The maximum Gasteiger partial charge on any atom is 0.331 e. The minimum atomic E-state index is -0.974. The molecule has 1 spiro atoms. The monoisotopic (exact) mass is 278 g/mol. The van der Waals surface area contributed by atoms with Crippen molar-refractivity contribution in [1.82, 2.24) is 10.2 Å². The van der Waals surface area contributed by atoms with E-state index in [-0.39, 0.29) is 11.8 Å². The van der Waals surface area contributed by atoms with Crippen molar-refractivity contribution in [2.24, 2.45) is 5.41 Å². The Morgan fingerprint density at radius 2 is 1.45 bits per heavy atom. The van der Waals surface area contributed by atoms with Crippen LogP contribution in [-0.2, 0) is 9.59 Å². The third-order valence-corrected chi connectivity index (χ3v) is 5.40. The predicted octanol–water partition coefficient (Wildman–Crippen LogP) is 2.35. The zero-order valence-electron chi connectivity index (χ0n) is 12.0. The Bertz CT molecular complexity index is 460. The van der Waals surface area contributed by atoms with Gasteiger partial charge in [-0.3, -0.25) is 19.8 Å². The van der Waals surface area contributed by atoms with Gasteiger partial charge in [0.25, 0.3) is 0 Å². The number of rotatable bonds is 1. The van der Waals surface area contributed by atoms with Crippen LogP contribution in [0.5, 0.6) is 0 Å². The van der Waals surface area contributed by atoms with E-state index in [9.17, 15) is 14.4 Å². The van der Waals surface area contributed by atoms with Gasteiger partial charge >= 0.3 is 6.03 Å². The smallest absolute Gasteiger partial charge is 0.277 e. The van der Waals surface area contributed by atoms with Crippen LogP contribution in [0, 0.1) is 5.41 Å². The third-order valence-electron chi connectivity index (χ3n) is 5.40. The van der Waals surface area contributed by atoms with Crippen molar-refractivity contribution in [2.75, 3.05) is 0 Å². The fourth-order valence-corrected chi connectivity index (χ4v) is 4.12. The lowest BCUT2D eigenvalue weighted by atomic mass is 9.70. The summed E-state index contributed by atoms with van der Waals surface area (Å²) in [5, 5.41) is 2.45. The summed E-state index contributed by atoms with van der Waals surface area (Å²) in [5.74, 6) is -0.611. The summed E-state index contributed by atoms with van der Waals surface area (Å²) in [6.45, 7) is 1.98. The minimum Gasteiger partial charge on any atom is -0.277 e. The molecule has 5 nitrogen and oxygen atoms in total. The molecule has 110 valence electrons. The van der Waals surface area contributed by atoms with Crippen molar-refractivity contribution in [3.8, 4) is 0 Å². The normalized spacial score (nSPS) is 28.9. The van der Waals surface area contributed by atoms with E-state index in [4.69, 9.17) is 0 Å². The fourth-order valence-electron chi connectivity index (χ4n) is 4.12. The summed E-state index contributed by atoms with van der Waals surface area (Å²) in [6, 6.07) is -0.513. The summed E-state index contributed by atoms with van der Waals surface area (Å²) < 4.78 is 0. The van der Waals surface area contributed by atoms with E-state index in [2.05, 4.69) is 5.32 Å². The molecule has 2 aliphatic carbocycles. The van der Waals surface area contributed by atoms with E-state index >= 15 is 0 Å². The average Bonchev–Trinajstić information content (AvgIpc) is 2.85. The lowest BCUT2D eigenvalue weighted by molar-refractivity contribution is -0.157. The number of carbonyl (C=O) groups is 3. The quantitative estimate of drug-likeness (QED) is 0.749. The third kappa shape index (κ3) is 1.79. The first-order valence-electron chi connectivity index (χ1n) is 7.70. The summed E-state index contributed by atoms with van der Waals surface area (Å²) >= 11 is 0. The van der Waals surface area contributed by atoms with Gasteiger partial charge in [0.2, 0.25) is 11.8 Å². The molecular formula is C15H22N2O3. The van der Waals surface area contributed by atoms with Crippen LogP contribution in [0.4, 0.5) is 4.79 Å². The molecule has 1 aliphatic heterocycles. The molecular weight excluding hydrogens is 256 g/mol. The van der Waals surface area contributed by atoms with E-state index in [0.29, 0.717) is 12.8 Å². The lowest BCUT2D eigenvalue weighted by Crippen LogP contribution is -2.68. The molecule has 0 atom stereocenters. The van der Waals surface area contributed by atoms with E-state index in [0.717, 1.165) is 44.9 Å². The van der Waals surface area contributed by atoms with Crippen LogP contribution in [0.25, 0.3) is 0 Å². The Kier molecular flexibility index (Phi) is 3.10. The van der Waals surface area contributed by atoms with Gasteiger partial charge in [-0.15, -0.1) is 0 Å². The minimum absolute atomic E-state index is 0.240. The molecule has 2 saturated carbocycles. The van der Waals surface area contributed by atoms with Crippen LogP contribution in [-0.4, -0.2) is 28.3 Å². The van der Waals surface area contributed by atoms with Crippen LogP contribution in [0.1, 0.15) is 64.7 Å². The van der Waals surface area contributed by atoms with Gasteiger partial charge in [-0.1, -0.05) is 32.1 Å². The van der Waals surface area contributed by atoms with Gasteiger partial charge in [0.05, 0.1) is 0 Å². The zero-order valence-corrected chi connectivity index (χ0v) is 12.0. The largest absolute Gasteiger partial charge is 0.331 e. The van der Waals surface area contributed by atoms with Gasteiger partial charge < -0.3 is 0 Å². The summed E-state index contributed by atoms with van der Waals surface area (Å²) in [5.41, 5.74) is -1.38. The number of nitrogens with one attached hydrogen (secondary N) is 1. The van der Waals surface area contributed by atoms with Crippen molar-refractivity contribution in [2.45, 2.75) is 70.3 Å². The van der Waals surface area contributed by atoms with Gasteiger partial charge in [-0.25, -0.2) is 4.79 Å². The van der Waals surface area contributed by atoms with E-state index in [1.807, 2.05) is 6.92 Å². The molecule has 3 rings (SSSR count). The first-order chi connectivity index (χ1) is 9.50. The van der Waals surface area contributed by atoms with E-state index < -0.39 is 17.0 Å². The van der Waals surface area contributed by atoms with Crippen LogP contribution in [0.2, 0.25) is 0 Å². The lowest BCUT2D eigenvalue weighted by Gasteiger charge is -2.47. The maximum absolute atomic E-state index is 13.0. The zero-order chi connectivity index (χ0) is 14.4. The topological polar surface area (TPSA) is 66.5 Å². The number of imide groups is 2. The van der Waals surface area contributed by atoms with Gasteiger partial charge in [0, 0.05) is 5.54 Å². The summed E-state index contributed by atoms with van der Waals surface area (Å²) in [7, 11) is 0. The number of hydrogen-bond donors (Lipinski definition) is 1. The molecule has 0 aromatic heterocycles. The van der Waals surface area contributed by atoms with Gasteiger partial charge in [0.1, 0.15) is 5.41 Å². The second-order valence-electron chi connectivity index (χ2n) is 6.75. The van der Waals surface area contributed by atoms with Crippen LogP contribution >= 0.6 is 0 Å². The Labute approximate surface area is 119 Å². The average molecular weight is 278 g/mol. The van der Waals surface area contributed by atoms with Gasteiger partial charge in [0.15, 0.2) is 0 Å². The Balaban J connectivity index is 1.96. The molecule has 0 radical (unpaired) electrons. The van der Waals surface area contributed by atoms with Crippen molar-refractivity contribution in [3.05, 3.63) is 0 Å². The van der Waals surface area contributed by atoms with Crippen LogP contribution in [0.3, 0.4) is 0 Å². The standard InChI is InChI=1S/C15H22N2O3/c1-14(7-5-6-8-14)17-12(19)15(9-3-2-4-10-15)11(18)16-13(17)20/h2-10H2,1H3,(H,16,18,20). The first-order valence-corrected chi connectivity index (χ1v) is 7.70. The van der Waals surface area contributed by atoms with Gasteiger partial charge in [-0.2, -0.15) is 0 Å². The maximum atomic E-state index is 13.0. The second kappa shape index (κ2) is 4.57. The highest BCUT2D eigenvalue weighted by atomic mass is 16.2. The Morgan fingerprint density at radius 1 is 0.900 bits per heavy atom. The van der Waals surface area contributed by atoms with Crippen molar-refractivity contribution in [1.29, 1.82) is 0 Å². The van der Waals surface area contributed by atoms with Crippen LogP contribution in [0.15, 0.2) is 0 Å². The summed E-state index contributed by atoms with van der Waals surface area (Å²) in [6.07, 6.45) is 7.76. The predicted molar refractivity (Wildman–Crippen MR) is 72.8 cm³/mol. The molecule has 20 heavy (non-hydrogen) atoms. The molecule has 4 amide bonds. The highest BCUT2D eigenvalue weighted by Gasteiger charge is 2.57. The molecule has 1 N–H and O–H groups in total. The van der Waals surface area contributed by atoms with E-state index in [1.54, 1.807) is 0 Å². The molecule has 5 heteroatoms. The molecule has 1 heterocycles. The number of hydrogen-bond acceptors (Lipinski definition) is 3. The highest BCUT2D eigenvalue weighted by molar-refractivity contribution is 6.19. The fraction of sp³-hybridized carbons (Fsp3) is 0.800. The van der Waals surface area contributed by atoms with E-state index in [1.165, 1.54) is 4.90 Å². The van der Waals surface area contributed by atoms with Crippen molar-refractivity contribution in [3.63, 3.8) is 0 Å². The molecule has 0 bridgehead atoms. The summed E-state index contributed by atoms with van der Waals surface area (Å²) in [4.78, 5) is 38.8. The SMILES string of the molecule is CC1(N2C(=O)NC(=O)C3(CCCCC3)C2=O)CCCC1.